The number of hydrogen-bond donors (Lipinski definition) is 1. The second kappa shape index (κ2) is 6.30. The molecule has 0 unspecified atom stereocenters. The number of carbonyl (C=O) groups excluding carboxylic acids is 1. The number of aryl methyl sites for hydroxylation is 2. The molecule has 0 radical (unpaired) electrons. The zero-order valence-corrected chi connectivity index (χ0v) is 15.1. The summed E-state index contributed by atoms with van der Waals surface area (Å²) in [5, 5.41) is 7.60. The van der Waals surface area contributed by atoms with Gasteiger partial charge in [-0.15, -0.1) is 0 Å². The first-order chi connectivity index (χ1) is 11.4. The normalized spacial score (nSPS) is 17.7. The molecule has 2 aromatic rings. The number of carbonyl (C=O) groups is 1. The van der Waals surface area contributed by atoms with Gasteiger partial charge in [0.15, 0.2) is 0 Å². The highest BCUT2D eigenvalue weighted by Crippen LogP contribution is 2.35. The summed E-state index contributed by atoms with van der Waals surface area (Å²) < 4.78 is 1.90. The van der Waals surface area contributed by atoms with Gasteiger partial charge in [-0.25, -0.2) is 4.79 Å². The quantitative estimate of drug-likeness (QED) is 0.941. The van der Waals surface area contributed by atoms with Crippen LogP contribution in [0, 0.1) is 13.8 Å². The van der Waals surface area contributed by atoms with E-state index in [1.165, 1.54) is 11.1 Å². The van der Waals surface area contributed by atoms with Gasteiger partial charge in [-0.05, 0) is 44.4 Å². The SMILES string of the molecule is Cc1nn(C)c(C)c1C[C@@H](C)NC(=O)N1C[C@H](C)c2ccccc21. The lowest BCUT2D eigenvalue weighted by atomic mass is 10.0. The second-order valence-electron chi connectivity index (χ2n) is 6.90. The molecule has 1 aromatic heterocycles. The number of aromatic nitrogens is 2. The summed E-state index contributed by atoms with van der Waals surface area (Å²) in [5.74, 6) is 0.380. The number of anilines is 1. The lowest BCUT2D eigenvalue weighted by molar-refractivity contribution is 0.243. The van der Waals surface area contributed by atoms with Crippen LogP contribution in [0.25, 0.3) is 0 Å². The van der Waals surface area contributed by atoms with Gasteiger partial charge in [0.25, 0.3) is 0 Å². The molecule has 0 bridgehead atoms. The second-order valence-corrected chi connectivity index (χ2v) is 6.90. The third kappa shape index (κ3) is 2.90. The first kappa shape index (κ1) is 16.6. The number of benzene rings is 1. The molecule has 1 aromatic carbocycles. The van der Waals surface area contributed by atoms with E-state index >= 15 is 0 Å². The summed E-state index contributed by atoms with van der Waals surface area (Å²) in [6.07, 6.45) is 0.794. The molecule has 0 saturated carbocycles. The number of rotatable bonds is 3. The number of fused-ring (bicyclic) bond motifs is 1. The molecular weight excluding hydrogens is 300 g/mol. The Hall–Kier alpha value is -2.30. The maximum Gasteiger partial charge on any atom is 0.322 e. The lowest BCUT2D eigenvalue weighted by Gasteiger charge is -2.22. The van der Waals surface area contributed by atoms with Crippen molar-refractivity contribution < 1.29 is 4.79 Å². The molecule has 24 heavy (non-hydrogen) atoms. The average molecular weight is 326 g/mol. The fourth-order valence-electron chi connectivity index (χ4n) is 3.57. The molecule has 0 fully saturated rings. The van der Waals surface area contributed by atoms with Crippen LogP contribution in [0.15, 0.2) is 24.3 Å². The summed E-state index contributed by atoms with van der Waals surface area (Å²) in [4.78, 5) is 14.6. The predicted molar refractivity (Wildman–Crippen MR) is 96.6 cm³/mol. The Morgan fingerprint density at radius 1 is 1.38 bits per heavy atom. The van der Waals surface area contributed by atoms with Crippen molar-refractivity contribution in [3.05, 3.63) is 46.8 Å². The Morgan fingerprint density at radius 3 is 2.75 bits per heavy atom. The smallest absolute Gasteiger partial charge is 0.322 e. The predicted octanol–water partition coefficient (Wildman–Crippen LogP) is 3.30. The topological polar surface area (TPSA) is 50.2 Å². The highest BCUT2D eigenvalue weighted by Gasteiger charge is 2.30. The molecule has 5 nitrogen and oxygen atoms in total. The highest BCUT2D eigenvalue weighted by atomic mass is 16.2. The Bertz CT molecular complexity index is 765. The molecule has 2 amide bonds. The van der Waals surface area contributed by atoms with Crippen molar-refractivity contribution >= 4 is 11.7 Å². The van der Waals surface area contributed by atoms with Crippen LogP contribution in [-0.2, 0) is 13.5 Å². The van der Waals surface area contributed by atoms with Crippen molar-refractivity contribution in [1.82, 2.24) is 15.1 Å². The van der Waals surface area contributed by atoms with Gasteiger partial charge >= 0.3 is 6.03 Å². The number of nitrogens with zero attached hydrogens (tertiary/aromatic N) is 3. The fraction of sp³-hybridized carbons (Fsp3) is 0.474. The van der Waals surface area contributed by atoms with Crippen LogP contribution >= 0.6 is 0 Å². The molecule has 1 N–H and O–H groups in total. The van der Waals surface area contributed by atoms with Crippen LogP contribution in [0.2, 0.25) is 0 Å². The summed E-state index contributed by atoms with van der Waals surface area (Å²) in [7, 11) is 1.96. The summed E-state index contributed by atoms with van der Waals surface area (Å²) >= 11 is 0. The number of hydrogen-bond acceptors (Lipinski definition) is 2. The van der Waals surface area contributed by atoms with E-state index < -0.39 is 0 Å². The minimum atomic E-state index is -0.0153. The zero-order valence-electron chi connectivity index (χ0n) is 15.1. The maximum atomic E-state index is 12.7. The Morgan fingerprint density at radius 2 is 2.08 bits per heavy atom. The molecule has 0 aliphatic carbocycles. The van der Waals surface area contributed by atoms with Gasteiger partial charge in [0.2, 0.25) is 0 Å². The van der Waals surface area contributed by atoms with Crippen LogP contribution in [0.3, 0.4) is 0 Å². The van der Waals surface area contributed by atoms with Gasteiger partial charge in [0.1, 0.15) is 0 Å². The summed E-state index contributed by atoms with van der Waals surface area (Å²) in [6, 6.07) is 8.20. The van der Waals surface area contributed by atoms with Gasteiger partial charge in [0, 0.05) is 36.9 Å². The number of nitrogens with one attached hydrogen (secondary N) is 1. The number of urea groups is 1. The van der Waals surface area contributed by atoms with E-state index in [9.17, 15) is 4.79 Å². The van der Waals surface area contributed by atoms with E-state index in [2.05, 4.69) is 37.3 Å². The van der Waals surface area contributed by atoms with Crippen molar-refractivity contribution in [2.75, 3.05) is 11.4 Å². The Labute approximate surface area is 143 Å². The molecule has 3 rings (SSSR count). The molecule has 1 aliphatic heterocycles. The van der Waals surface area contributed by atoms with Crippen LogP contribution in [-0.4, -0.2) is 28.4 Å². The summed E-state index contributed by atoms with van der Waals surface area (Å²) in [5.41, 5.74) is 5.70. The standard InChI is InChI=1S/C19H26N4O/c1-12-11-23(18-9-7-6-8-16(12)18)19(24)20-13(2)10-17-14(3)21-22(5)15(17)4/h6-9,12-13H,10-11H2,1-5H3,(H,20,24)/t12-,13+/m0/s1. The van der Waals surface area contributed by atoms with Crippen molar-refractivity contribution in [1.29, 1.82) is 0 Å². The van der Waals surface area contributed by atoms with Crippen molar-refractivity contribution in [2.45, 2.75) is 46.1 Å². The van der Waals surface area contributed by atoms with E-state index in [-0.39, 0.29) is 12.1 Å². The molecule has 2 atom stereocenters. The fourth-order valence-corrected chi connectivity index (χ4v) is 3.57. The number of para-hydroxylation sites is 1. The van der Waals surface area contributed by atoms with Crippen molar-refractivity contribution in [3.8, 4) is 0 Å². The van der Waals surface area contributed by atoms with E-state index in [0.29, 0.717) is 5.92 Å². The maximum absolute atomic E-state index is 12.7. The van der Waals surface area contributed by atoms with E-state index in [0.717, 1.165) is 30.0 Å². The Kier molecular flexibility index (Phi) is 4.35. The van der Waals surface area contributed by atoms with Crippen LogP contribution in [0.5, 0.6) is 0 Å². The lowest BCUT2D eigenvalue weighted by Crippen LogP contribution is -2.44. The van der Waals surface area contributed by atoms with Gasteiger partial charge in [0.05, 0.1) is 5.69 Å². The van der Waals surface area contributed by atoms with Gasteiger partial charge in [-0.1, -0.05) is 25.1 Å². The molecule has 2 heterocycles. The molecule has 1 aliphatic rings. The van der Waals surface area contributed by atoms with E-state index in [1.807, 2.05) is 41.8 Å². The first-order valence-electron chi connectivity index (χ1n) is 8.54. The Balaban J connectivity index is 1.69. The molecule has 0 spiro atoms. The zero-order chi connectivity index (χ0) is 17.4. The summed E-state index contributed by atoms with van der Waals surface area (Å²) in [6.45, 7) is 9.05. The molecule has 0 saturated heterocycles. The monoisotopic (exact) mass is 326 g/mol. The number of amides is 2. The third-order valence-corrected chi connectivity index (χ3v) is 5.00. The largest absolute Gasteiger partial charge is 0.335 e. The average Bonchev–Trinajstić information content (AvgIpc) is 3.00. The van der Waals surface area contributed by atoms with E-state index in [4.69, 9.17) is 0 Å². The van der Waals surface area contributed by atoms with E-state index in [1.54, 1.807) is 0 Å². The van der Waals surface area contributed by atoms with Gasteiger partial charge < -0.3 is 5.32 Å². The van der Waals surface area contributed by atoms with Crippen molar-refractivity contribution in [3.63, 3.8) is 0 Å². The molecular formula is C19H26N4O. The van der Waals surface area contributed by atoms with Gasteiger partial charge in [-0.2, -0.15) is 5.10 Å². The van der Waals surface area contributed by atoms with Crippen molar-refractivity contribution in [2.24, 2.45) is 7.05 Å². The molecule has 5 heteroatoms. The van der Waals surface area contributed by atoms with Crippen LogP contribution < -0.4 is 10.2 Å². The van der Waals surface area contributed by atoms with Crippen LogP contribution in [0.1, 0.15) is 42.3 Å². The van der Waals surface area contributed by atoms with Gasteiger partial charge in [-0.3, -0.25) is 9.58 Å². The highest BCUT2D eigenvalue weighted by molar-refractivity contribution is 5.94. The first-order valence-corrected chi connectivity index (χ1v) is 8.54. The molecule has 128 valence electrons. The minimum Gasteiger partial charge on any atom is -0.335 e. The minimum absolute atomic E-state index is 0.0153. The van der Waals surface area contributed by atoms with Crippen LogP contribution in [0.4, 0.5) is 10.5 Å². The third-order valence-electron chi connectivity index (χ3n) is 5.00.